The third kappa shape index (κ3) is 5.43. The largest absolute Gasteiger partial charge is 0.323 e. The fourth-order valence-electron chi connectivity index (χ4n) is 3.13. The van der Waals surface area contributed by atoms with Crippen LogP contribution in [0.25, 0.3) is 0 Å². The Balaban J connectivity index is 1.88. The van der Waals surface area contributed by atoms with Crippen molar-refractivity contribution in [1.82, 2.24) is 0 Å². The van der Waals surface area contributed by atoms with E-state index in [2.05, 4.69) is 5.32 Å². The summed E-state index contributed by atoms with van der Waals surface area (Å²) in [5, 5.41) is 2.94. The summed E-state index contributed by atoms with van der Waals surface area (Å²) in [6.45, 7) is 1.80. The van der Waals surface area contributed by atoms with Crippen LogP contribution in [0.4, 0.5) is 11.4 Å². The van der Waals surface area contributed by atoms with Gasteiger partial charge in [-0.15, -0.1) is 0 Å². The maximum atomic E-state index is 13.2. The lowest BCUT2D eigenvalue weighted by molar-refractivity contribution is -0.117. The molecule has 1 amide bonds. The van der Waals surface area contributed by atoms with E-state index in [4.69, 9.17) is 0 Å². The Labute approximate surface area is 182 Å². The van der Waals surface area contributed by atoms with Crippen LogP contribution in [-0.4, -0.2) is 26.6 Å². The number of nitrogens with zero attached hydrogens (tertiary/aromatic N) is 1. The summed E-state index contributed by atoms with van der Waals surface area (Å²) in [5.41, 5.74) is 1.12. The first-order chi connectivity index (χ1) is 14.4. The van der Waals surface area contributed by atoms with Gasteiger partial charge in [0.25, 0.3) is 0 Å². The molecule has 0 radical (unpaired) electrons. The molecule has 0 bridgehead atoms. The summed E-state index contributed by atoms with van der Waals surface area (Å²) >= 11 is 1.54. The quantitative estimate of drug-likeness (QED) is 0.534. The molecule has 0 aromatic heterocycles. The van der Waals surface area contributed by atoms with Crippen LogP contribution in [0, 0.1) is 0 Å². The van der Waals surface area contributed by atoms with Gasteiger partial charge in [0, 0.05) is 9.79 Å². The molecule has 3 aromatic rings. The van der Waals surface area contributed by atoms with E-state index in [1.807, 2.05) is 60.7 Å². The van der Waals surface area contributed by atoms with E-state index in [1.165, 1.54) is 16.1 Å². The zero-order valence-corrected chi connectivity index (χ0v) is 18.5. The highest BCUT2D eigenvalue weighted by atomic mass is 32.2. The van der Waals surface area contributed by atoms with E-state index in [0.717, 1.165) is 16.0 Å². The Morgan fingerprint density at radius 2 is 1.50 bits per heavy atom. The number of nitrogens with one attached hydrogen (secondary N) is 1. The van der Waals surface area contributed by atoms with E-state index in [-0.39, 0.29) is 5.91 Å². The molecule has 5 nitrogen and oxygen atoms in total. The molecular formula is C23H24N2O3S2. The molecule has 0 saturated heterocycles. The first-order valence-corrected chi connectivity index (χ1v) is 12.2. The maximum Gasteiger partial charge on any atom is 0.248 e. The minimum atomic E-state index is -3.66. The van der Waals surface area contributed by atoms with Gasteiger partial charge in [0.1, 0.15) is 6.04 Å². The molecule has 7 heteroatoms. The van der Waals surface area contributed by atoms with Gasteiger partial charge < -0.3 is 5.32 Å². The lowest BCUT2D eigenvalue weighted by Crippen LogP contribution is -2.47. The second-order valence-corrected chi connectivity index (χ2v) is 9.69. The summed E-state index contributed by atoms with van der Waals surface area (Å²) < 4.78 is 26.3. The summed E-state index contributed by atoms with van der Waals surface area (Å²) in [5.74, 6) is -0.368. The molecule has 0 aliphatic rings. The molecule has 1 atom stereocenters. The monoisotopic (exact) mass is 440 g/mol. The molecule has 0 spiro atoms. The molecular weight excluding hydrogens is 416 g/mol. The maximum absolute atomic E-state index is 13.2. The average molecular weight is 441 g/mol. The molecule has 0 fully saturated rings. The Hall–Kier alpha value is -2.77. The van der Waals surface area contributed by atoms with Crippen molar-refractivity contribution in [2.75, 3.05) is 15.9 Å². The number of amides is 1. The molecule has 1 unspecified atom stereocenters. The summed E-state index contributed by atoms with van der Waals surface area (Å²) in [4.78, 5) is 15.1. The van der Waals surface area contributed by atoms with Crippen molar-refractivity contribution in [3.05, 3.63) is 84.9 Å². The summed E-state index contributed by atoms with van der Waals surface area (Å²) in [6.07, 6.45) is 1.46. The van der Waals surface area contributed by atoms with E-state index in [0.29, 0.717) is 17.8 Å². The number of hydrogen-bond donors (Lipinski definition) is 1. The Kier molecular flexibility index (Phi) is 7.18. The number of rotatable bonds is 8. The highest BCUT2D eigenvalue weighted by Gasteiger charge is 2.31. The van der Waals surface area contributed by atoms with E-state index in [1.54, 1.807) is 31.2 Å². The van der Waals surface area contributed by atoms with Crippen LogP contribution >= 0.6 is 11.8 Å². The highest BCUT2D eigenvalue weighted by molar-refractivity contribution is 7.99. The van der Waals surface area contributed by atoms with E-state index >= 15 is 0 Å². The van der Waals surface area contributed by atoms with Gasteiger partial charge in [0.05, 0.1) is 17.6 Å². The number of anilines is 2. The number of carbonyl (C=O) groups is 1. The normalized spacial score (nSPS) is 12.2. The molecule has 1 N–H and O–H groups in total. The summed E-state index contributed by atoms with van der Waals surface area (Å²) in [7, 11) is -3.66. The van der Waals surface area contributed by atoms with Gasteiger partial charge in [-0.25, -0.2) is 8.42 Å². The smallest absolute Gasteiger partial charge is 0.248 e. The first kappa shape index (κ1) is 21.9. The number of benzene rings is 3. The van der Waals surface area contributed by atoms with Crippen molar-refractivity contribution >= 4 is 39.1 Å². The molecule has 3 aromatic carbocycles. The van der Waals surface area contributed by atoms with Gasteiger partial charge in [-0.3, -0.25) is 9.10 Å². The fraction of sp³-hybridized carbons (Fsp3) is 0.174. The molecule has 3 rings (SSSR count). The van der Waals surface area contributed by atoms with Crippen LogP contribution in [0.2, 0.25) is 0 Å². The van der Waals surface area contributed by atoms with Crippen molar-refractivity contribution in [1.29, 1.82) is 0 Å². The highest BCUT2D eigenvalue weighted by Crippen LogP contribution is 2.33. The van der Waals surface area contributed by atoms with Gasteiger partial charge in [0.15, 0.2) is 0 Å². The minimum Gasteiger partial charge on any atom is -0.323 e. The summed E-state index contributed by atoms with van der Waals surface area (Å²) in [6, 6.07) is 25.2. The molecule has 0 aliphatic carbocycles. The fourth-order valence-corrected chi connectivity index (χ4v) is 5.26. The predicted molar refractivity (Wildman–Crippen MR) is 123 cm³/mol. The zero-order valence-electron chi connectivity index (χ0n) is 16.9. The van der Waals surface area contributed by atoms with Crippen molar-refractivity contribution in [3.63, 3.8) is 0 Å². The first-order valence-electron chi connectivity index (χ1n) is 9.57. The second kappa shape index (κ2) is 9.82. The topological polar surface area (TPSA) is 66.5 Å². The van der Waals surface area contributed by atoms with E-state index < -0.39 is 16.1 Å². The van der Waals surface area contributed by atoms with Crippen LogP contribution in [0.5, 0.6) is 0 Å². The Bertz CT molecular complexity index is 1090. The average Bonchev–Trinajstić information content (AvgIpc) is 2.73. The lowest BCUT2D eigenvalue weighted by Gasteiger charge is -2.30. The van der Waals surface area contributed by atoms with Gasteiger partial charge >= 0.3 is 0 Å². The molecule has 0 aliphatic heterocycles. The van der Waals surface area contributed by atoms with Gasteiger partial charge in [-0.1, -0.05) is 67.2 Å². The SMILES string of the molecule is CCC(C(=O)Nc1ccccc1Sc1ccccc1)N(c1ccccc1)S(C)(=O)=O. The van der Waals surface area contributed by atoms with Crippen molar-refractivity contribution < 1.29 is 13.2 Å². The number of sulfonamides is 1. The van der Waals surface area contributed by atoms with Crippen LogP contribution in [0.1, 0.15) is 13.3 Å². The molecule has 0 saturated carbocycles. The molecule has 156 valence electrons. The van der Waals surface area contributed by atoms with Crippen LogP contribution in [0.3, 0.4) is 0 Å². The molecule has 30 heavy (non-hydrogen) atoms. The Morgan fingerprint density at radius 3 is 2.10 bits per heavy atom. The van der Waals surface area contributed by atoms with Crippen LogP contribution in [-0.2, 0) is 14.8 Å². The van der Waals surface area contributed by atoms with Crippen molar-refractivity contribution in [3.8, 4) is 0 Å². The van der Waals surface area contributed by atoms with Crippen LogP contribution < -0.4 is 9.62 Å². The van der Waals surface area contributed by atoms with Crippen molar-refractivity contribution in [2.45, 2.75) is 29.2 Å². The standard InChI is InChI=1S/C23H24N2O3S2/c1-3-21(25(30(2,27)28)18-12-6-4-7-13-18)23(26)24-20-16-10-11-17-22(20)29-19-14-8-5-9-15-19/h4-17,21H,3H2,1-2H3,(H,24,26). The minimum absolute atomic E-state index is 0.335. The van der Waals surface area contributed by atoms with Gasteiger partial charge in [0.2, 0.25) is 15.9 Å². The van der Waals surface area contributed by atoms with Gasteiger partial charge in [-0.05, 0) is 42.8 Å². The van der Waals surface area contributed by atoms with Gasteiger partial charge in [-0.2, -0.15) is 0 Å². The number of para-hydroxylation sites is 2. The third-order valence-electron chi connectivity index (χ3n) is 4.46. The predicted octanol–water partition coefficient (Wildman–Crippen LogP) is 5.02. The third-order valence-corrected chi connectivity index (χ3v) is 6.72. The lowest BCUT2D eigenvalue weighted by atomic mass is 10.2. The van der Waals surface area contributed by atoms with Crippen molar-refractivity contribution in [2.24, 2.45) is 0 Å². The molecule has 0 heterocycles. The second-order valence-electron chi connectivity index (χ2n) is 6.72. The number of carbonyl (C=O) groups excluding carboxylic acids is 1. The van der Waals surface area contributed by atoms with E-state index in [9.17, 15) is 13.2 Å². The number of hydrogen-bond acceptors (Lipinski definition) is 4. The zero-order chi connectivity index (χ0) is 21.6. The Morgan fingerprint density at radius 1 is 0.933 bits per heavy atom. The van der Waals surface area contributed by atoms with Crippen LogP contribution in [0.15, 0.2) is 94.7 Å².